The molecular weight excluding hydrogens is 618 g/mol. The second kappa shape index (κ2) is 14.5. The maximum Gasteiger partial charge on any atom is 2.00 e. The van der Waals surface area contributed by atoms with Crippen LogP contribution >= 0.6 is 0 Å². The van der Waals surface area contributed by atoms with Gasteiger partial charge in [0.25, 0.3) is 0 Å². The summed E-state index contributed by atoms with van der Waals surface area (Å²) >= 11 is 0. The summed E-state index contributed by atoms with van der Waals surface area (Å²) < 4.78 is 23.7. The molecule has 0 aromatic rings. The van der Waals surface area contributed by atoms with Crippen LogP contribution in [0.5, 0.6) is 0 Å². The number of carboxylic acid groups (broad SMARTS) is 2. The standard InChI is InChI=1S/C12H19FO10.C6H12N2.Pt/c13-12(10(18)19,11(20)21)2-1-3-22-9-8(17)7(16)6(15)5(4-14)23-9;7-5-3-1-2-4-6(5)8;/h5-9,14-17H,1-4H2,(H,18,19)(H,20,21);5-8H,1-4H2;/q;-2;+2/t5-,6-,7+,8-,9?;5-,6-;/m11./s1. The number of alkyl halides is 1. The maximum atomic E-state index is 13.7. The molecule has 1 heterocycles. The zero-order chi connectivity index (χ0) is 23.8. The van der Waals surface area contributed by atoms with Gasteiger partial charge in [0, 0.05) is 6.42 Å². The number of carboxylic acids is 2. The van der Waals surface area contributed by atoms with Crippen molar-refractivity contribution in [1.29, 1.82) is 0 Å². The normalized spacial score (nSPS) is 32.8. The number of aliphatic carboxylic acids is 2. The predicted octanol–water partition coefficient (Wildman–Crippen LogP) is -0.140. The van der Waals surface area contributed by atoms with Crippen molar-refractivity contribution in [2.24, 2.45) is 0 Å². The number of nitrogens with one attached hydrogen (secondary N) is 2. The molecule has 7 atom stereocenters. The quantitative estimate of drug-likeness (QED) is 0.151. The van der Waals surface area contributed by atoms with Crippen molar-refractivity contribution >= 4 is 11.9 Å². The van der Waals surface area contributed by atoms with Gasteiger partial charge < -0.3 is 51.6 Å². The monoisotopic (exact) mass is 649 g/mol. The molecule has 1 aliphatic heterocycles. The van der Waals surface area contributed by atoms with E-state index in [1.165, 1.54) is 12.8 Å². The number of aliphatic hydroxyl groups excluding tert-OH is 4. The number of hydrogen-bond donors (Lipinski definition) is 6. The minimum atomic E-state index is -3.46. The Morgan fingerprint density at radius 2 is 1.50 bits per heavy atom. The first-order valence-corrected chi connectivity index (χ1v) is 9.95. The SMILES string of the molecule is O=C(O)C(F)(CCCOC1O[C@H](CO)[C@@H](O)[C@H](O)[C@H]1O)C(=O)O.[NH-][C@@H]1CCCC[C@H]1[NH-].[Pt+2]. The summed E-state index contributed by atoms with van der Waals surface area (Å²) in [7, 11) is 0. The number of halogens is 1. The van der Waals surface area contributed by atoms with E-state index in [2.05, 4.69) is 0 Å². The molecule has 1 saturated carbocycles. The van der Waals surface area contributed by atoms with Gasteiger partial charge in [-0.3, -0.25) is 0 Å². The smallest absolute Gasteiger partial charge is 0.676 e. The van der Waals surface area contributed by atoms with Gasteiger partial charge in [-0.25, -0.2) is 14.0 Å². The van der Waals surface area contributed by atoms with E-state index in [0.29, 0.717) is 0 Å². The molecule has 12 nitrogen and oxygen atoms in total. The van der Waals surface area contributed by atoms with E-state index < -0.39 is 61.3 Å². The summed E-state index contributed by atoms with van der Waals surface area (Å²) in [6, 6.07) is -0.160. The van der Waals surface area contributed by atoms with Crippen LogP contribution in [-0.4, -0.2) is 104 Å². The van der Waals surface area contributed by atoms with Crippen LogP contribution in [0.1, 0.15) is 38.5 Å². The van der Waals surface area contributed by atoms with E-state index in [1.807, 2.05) is 0 Å². The molecule has 0 amide bonds. The molecule has 0 spiro atoms. The first-order chi connectivity index (χ1) is 14.5. The number of hydrogen-bond acceptors (Lipinski definition) is 8. The molecular formula is C18H31FN2O10Pt. The Hall–Kier alpha value is -0.762. The Labute approximate surface area is 198 Å². The van der Waals surface area contributed by atoms with Crippen molar-refractivity contribution in [2.75, 3.05) is 13.2 Å². The fourth-order valence-corrected chi connectivity index (χ4v) is 3.16. The first-order valence-electron chi connectivity index (χ1n) is 9.95. The summed E-state index contributed by atoms with van der Waals surface area (Å²) in [4.78, 5) is 21.2. The average molecular weight is 650 g/mol. The molecule has 0 radical (unpaired) electrons. The van der Waals surface area contributed by atoms with Gasteiger partial charge in [-0.2, -0.15) is 12.1 Å². The van der Waals surface area contributed by atoms with Crippen molar-refractivity contribution < 1.29 is 75.2 Å². The summed E-state index contributed by atoms with van der Waals surface area (Å²) in [6.07, 6.45) is -4.46. The maximum absolute atomic E-state index is 13.7. The van der Waals surface area contributed by atoms with Gasteiger partial charge in [-0.1, -0.05) is 25.7 Å². The van der Waals surface area contributed by atoms with Crippen LogP contribution in [0.2, 0.25) is 0 Å². The second-order valence-corrected chi connectivity index (χ2v) is 7.58. The Bertz CT molecular complexity index is 564. The van der Waals surface area contributed by atoms with Crippen LogP contribution in [0.25, 0.3) is 11.5 Å². The van der Waals surface area contributed by atoms with E-state index in [9.17, 15) is 29.3 Å². The van der Waals surface area contributed by atoms with Crippen molar-refractivity contribution in [3.63, 3.8) is 0 Å². The molecule has 2 rings (SSSR count). The molecule has 2 fully saturated rings. The van der Waals surface area contributed by atoms with E-state index >= 15 is 0 Å². The predicted molar refractivity (Wildman–Crippen MR) is 103 cm³/mol. The second-order valence-electron chi connectivity index (χ2n) is 7.58. The fourth-order valence-electron chi connectivity index (χ4n) is 3.16. The van der Waals surface area contributed by atoms with E-state index in [0.717, 1.165) is 12.8 Å². The molecule has 8 N–H and O–H groups in total. The molecule has 14 heteroatoms. The van der Waals surface area contributed by atoms with Crippen molar-refractivity contribution in [3.8, 4) is 0 Å². The van der Waals surface area contributed by atoms with Crippen LogP contribution in [0.3, 0.4) is 0 Å². The molecule has 0 bridgehead atoms. The van der Waals surface area contributed by atoms with E-state index in [4.69, 9.17) is 36.3 Å². The van der Waals surface area contributed by atoms with Gasteiger partial charge in [-0.15, -0.1) is 0 Å². The molecule has 0 aromatic carbocycles. The Morgan fingerprint density at radius 1 is 1.00 bits per heavy atom. The van der Waals surface area contributed by atoms with Gasteiger partial charge in [0.15, 0.2) is 6.29 Å². The van der Waals surface area contributed by atoms with Crippen LogP contribution < -0.4 is 0 Å². The molecule has 1 saturated heterocycles. The fraction of sp³-hybridized carbons (Fsp3) is 0.889. The third kappa shape index (κ3) is 8.54. The zero-order valence-corrected chi connectivity index (χ0v) is 19.5. The van der Waals surface area contributed by atoms with Crippen molar-refractivity contribution in [1.82, 2.24) is 0 Å². The number of aliphatic hydroxyl groups is 4. The topological polar surface area (TPSA) is 222 Å². The van der Waals surface area contributed by atoms with Crippen molar-refractivity contribution in [3.05, 3.63) is 11.5 Å². The number of rotatable bonds is 8. The van der Waals surface area contributed by atoms with E-state index in [-0.39, 0.29) is 46.2 Å². The molecule has 1 aliphatic carbocycles. The summed E-state index contributed by atoms with van der Waals surface area (Å²) in [6.45, 7) is -1.04. The molecule has 2 aliphatic rings. The van der Waals surface area contributed by atoms with Crippen LogP contribution in [0, 0.1) is 0 Å². The Morgan fingerprint density at radius 3 is 1.91 bits per heavy atom. The average Bonchev–Trinajstić information content (AvgIpc) is 2.73. The van der Waals surface area contributed by atoms with Crippen LogP contribution in [0.4, 0.5) is 4.39 Å². The summed E-state index contributed by atoms with van der Waals surface area (Å²) in [5, 5.41) is 54.8. The Kier molecular flexibility index (Phi) is 14.1. The van der Waals surface area contributed by atoms with Gasteiger partial charge in [0.05, 0.1) is 13.2 Å². The van der Waals surface area contributed by atoms with Gasteiger partial charge >= 0.3 is 38.7 Å². The molecule has 190 valence electrons. The van der Waals surface area contributed by atoms with Gasteiger partial charge in [0.1, 0.15) is 24.4 Å². The minimum Gasteiger partial charge on any atom is -0.676 e. The first kappa shape index (κ1) is 31.2. The molecule has 32 heavy (non-hydrogen) atoms. The van der Waals surface area contributed by atoms with Crippen LogP contribution in [0.15, 0.2) is 0 Å². The van der Waals surface area contributed by atoms with Crippen LogP contribution in [-0.2, 0) is 40.1 Å². The third-order valence-corrected chi connectivity index (χ3v) is 5.24. The van der Waals surface area contributed by atoms with Gasteiger partial charge in [-0.05, 0) is 6.42 Å². The van der Waals surface area contributed by atoms with E-state index in [1.54, 1.807) is 0 Å². The summed E-state index contributed by atoms with van der Waals surface area (Å²) in [5.74, 6) is -4.28. The number of ether oxygens (including phenoxy) is 2. The van der Waals surface area contributed by atoms with Crippen molar-refractivity contribution in [2.45, 2.75) is 87.0 Å². The third-order valence-electron chi connectivity index (χ3n) is 5.24. The largest absolute Gasteiger partial charge is 2.00 e. The Balaban J connectivity index is 0.000000896. The van der Waals surface area contributed by atoms with Gasteiger partial charge in [0.2, 0.25) is 0 Å². The number of carbonyl (C=O) groups is 2. The minimum absolute atomic E-state index is 0. The zero-order valence-electron chi connectivity index (χ0n) is 17.2. The summed E-state index contributed by atoms with van der Waals surface area (Å²) in [5.41, 5.74) is 11.1. The molecule has 0 aromatic heterocycles. The molecule has 1 unspecified atom stereocenters.